The van der Waals surface area contributed by atoms with E-state index in [0.29, 0.717) is 6.42 Å². The van der Waals surface area contributed by atoms with E-state index in [4.69, 9.17) is 5.11 Å². The Balaban J connectivity index is 2.71. The molecule has 0 bridgehead atoms. The molecule has 106 valence electrons. The third-order valence-electron chi connectivity index (χ3n) is 2.42. The molecule has 0 radical (unpaired) electrons. The van der Waals surface area contributed by atoms with Gasteiger partial charge in [0.25, 0.3) is 10.2 Å². The first-order valence-electron chi connectivity index (χ1n) is 5.98. The van der Waals surface area contributed by atoms with E-state index in [1.54, 1.807) is 24.3 Å². The van der Waals surface area contributed by atoms with Crippen molar-refractivity contribution >= 4 is 16.2 Å². The summed E-state index contributed by atoms with van der Waals surface area (Å²) in [5, 5.41) is 9.07. The molecule has 0 spiro atoms. The third kappa shape index (κ3) is 5.82. The number of carboxylic acid groups (broad SMARTS) is 1. The molecule has 0 fully saturated rings. The van der Waals surface area contributed by atoms with E-state index in [1.807, 2.05) is 13.0 Å². The van der Waals surface area contributed by atoms with Crippen LogP contribution in [0.1, 0.15) is 18.9 Å². The highest BCUT2D eigenvalue weighted by Gasteiger charge is 2.23. The molecule has 3 N–H and O–H groups in total. The highest BCUT2D eigenvalue weighted by Crippen LogP contribution is 2.04. The lowest BCUT2D eigenvalue weighted by atomic mass is 10.1. The zero-order valence-electron chi connectivity index (χ0n) is 10.7. The van der Waals surface area contributed by atoms with Gasteiger partial charge in [-0.2, -0.15) is 13.1 Å². The minimum Gasteiger partial charge on any atom is -0.480 e. The van der Waals surface area contributed by atoms with E-state index in [1.165, 1.54) is 0 Å². The fourth-order valence-corrected chi connectivity index (χ4v) is 2.61. The van der Waals surface area contributed by atoms with Gasteiger partial charge in [0.2, 0.25) is 0 Å². The van der Waals surface area contributed by atoms with Crippen LogP contribution < -0.4 is 9.44 Å². The summed E-state index contributed by atoms with van der Waals surface area (Å²) in [5.74, 6) is -1.20. The van der Waals surface area contributed by atoms with E-state index in [9.17, 15) is 13.2 Å². The van der Waals surface area contributed by atoms with Crippen molar-refractivity contribution in [2.45, 2.75) is 25.8 Å². The number of carboxylic acids is 1. The molecular formula is C12H18N2O4S. The number of aliphatic carboxylic acids is 1. The molecule has 0 aliphatic carbocycles. The van der Waals surface area contributed by atoms with Gasteiger partial charge in [0.15, 0.2) is 0 Å². The van der Waals surface area contributed by atoms with E-state index in [0.717, 1.165) is 5.56 Å². The van der Waals surface area contributed by atoms with E-state index in [2.05, 4.69) is 9.44 Å². The number of rotatable bonds is 8. The van der Waals surface area contributed by atoms with Crippen LogP contribution in [0.2, 0.25) is 0 Å². The Labute approximate surface area is 113 Å². The van der Waals surface area contributed by atoms with Gasteiger partial charge in [-0.1, -0.05) is 37.3 Å². The fraction of sp³-hybridized carbons (Fsp3) is 0.417. The van der Waals surface area contributed by atoms with Gasteiger partial charge < -0.3 is 5.11 Å². The molecule has 0 saturated carbocycles. The molecule has 1 atom stereocenters. The monoisotopic (exact) mass is 286 g/mol. The maximum absolute atomic E-state index is 11.6. The lowest BCUT2D eigenvalue weighted by Crippen LogP contribution is -2.47. The highest BCUT2D eigenvalue weighted by molar-refractivity contribution is 7.87. The van der Waals surface area contributed by atoms with Crippen molar-refractivity contribution in [3.8, 4) is 0 Å². The third-order valence-corrected chi connectivity index (χ3v) is 3.60. The van der Waals surface area contributed by atoms with Gasteiger partial charge in [-0.3, -0.25) is 4.79 Å². The van der Waals surface area contributed by atoms with Crippen molar-refractivity contribution in [1.82, 2.24) is 9.44 Å². The number of hydrogen-bond acceptors (Lipinski definition) is 3. The summed E-state index contributed by atoms with van der Waals surface area (Å²) in [4.78, 5) is 11.1. The molecule has 0 amide bonds. The zero-order chi connectivity index (χ0) is 14.3. The first kappa shape index (κ1) is 15.6. The summed E-state index contributed by atoms with van der Waals surface area (Å²) in [6.07, 6.45) is 0.737. The first-order chi connectivity index (χ1) is 8.94. The maximum Gasteiger partial charge on any atom is 0.322 e. The van der Waals surface area contributed by atoms with Crippen LogP contribution in [0.3, 0.4) is 0 Å². The van der Waals surface area contributed by atoms with Crippen LogP contribution in [-0.4, -0.2) is 32.1 Å². The molecule has 0 aromatic heterocycles. The van der Waals surface area contributed by atoms with Gasteiger partial charge >= 0.3 is 5.97 Å². The van der Waals surface area contributed by atoms with Crippen LogP contribution in [0.15, 0.2) is 30.3 Å². The zero-order valence-corrected chi connectivity index (χ0v) is 11.5. The van der Waals surface area contributed by atoms with E-state index >= 15 is 0 Å². The quantitative estimate of drug-likeness (QED) is 0.649. The summed E-state index contributed by atoms with van der Waals surface area (Å²) in [5.41, 5.74) is 0.757. The number of benzene rings is 1. The summed E-state index contributed by atoms with van der Waals surface area (Å²) in [6.45, 7) is 2.09. The Morgan fingerprint density at radius 3 is 2.47 bits per heavy atom. The average molecular weight is 286 g/mol. The Morgan fingerprint density at radius 1 is 1.32 bits per heavy atom. The predicted molar refractivity (Wildman–Crippen MR) is 71.9 cm³/mol. The second-order valence-electron chi connectivity index (χ2n) is 4.10. The number of carbonyl (C=O) groups is 1. The largest absolute Gasteiger partial charge is 0.480 e. The molecule has 6 nitrogen and oxygen atoms in total. The Hall–Kier alpha value is -1.44. The molecule has 0 saturated heterocycles. The van der Waals surface area contributed by atoms with Crippen LogP contribution >= 0.6 is 0 Å². The lowest BCUT2D eigenvalue weighted by Gasteiger charge is -2.15. The smallest absolute Gasteiger partial charge is 0.322 e. The summed E-state index contributed by atoms with van der Waals surface area (Å²) in [7, 11) is -3.79. The van der Waals surface area contributed by atoms with Gasteiger partial charge in [-0.15, -0.1) is 0 Å². The Kier molecular flexibility index (Phi) is 5.94. The van der Waals surface area contributed by atoms with Crippen molar-refractivity contribution < 1.29 is 18.3 Å². The number of hydrogen-bond donors (Lipinski definition) is 3. The molecule has 7 heteroatoms. The minimum absolute atomic E-state index is 0.100. The molecule has 1 aromatic carbocycles. The van der Waals surface area contributed by atoms with Gasteiger partial charge in [0, 0.05) is 6.54 Å². The Morgan fingerprint density at radius 2 is 1.95 bits per heavy atom. The molecule has 19 heavy (non-hydrogen) atoms. The standard InChI is InChI=1S/C12H18N2O4S/c1-2-8-13-19(17,18)14-11(12(15)16)9-10-6-4-3-5-7-10/h3-7,11,13-14H,2,8-9H2,1H3,(H,15,16)/t11-/m1/s1. The molecule has 0 aliphatic rings. The van der Waals surface area contributed by atoms with Crippen molar-refractivity contribution in [3.63, 3.8) is 0 Å². The minimum atomic E-state index is -3.79. The topological polar surface area (TPSA) is 95.5 Å². The summed E-state index contributed by atoms with van der Waals surface area (Å²) in [6, 6.07) is 7.69. The summed E-state index contributed by atoms with van der Waals surface area (Å²) >= 11 is 0. The lowest BCUT2D eigenvalue weighted by molar-refractivity contribution is -0.138. The van der Waals surface area contributed by atoms with Crippen LogP contribution in [0.5, 0.6) is 0 Å². The SMILES string of the molecule is CCCNS(=O)(=O)N[C@H](Cc1ccccc1)C(=O)O. The van der Waals surface area contributed by atoms with Crippen molar-refractivity contribution in [3.05, 3.63) is 35.9 Å². The second kappa shape index (κ2) is 7.22. The van der Waals surface area contributed by atoms with Crippen molar-refractivity contribution in [1.29, 1.82) is 0 Å². The average Bonchev–Trinajstić information content (AvgIpc) is 2.36. The highest BCUT2D eigenvalue weighted by atomic mass is 32.2. The normalized spacial score (nSPS) is 13.1. The van der Waals surface area contributed by atoms with Crippen LogP contribution in [0.25, 0.3) is 0 Å². The van der Waals surface area contributed by atoms with Gasteiger partial charge in [-0.05, 0) is 18.4 Å². The van der Waals surface area contributed by atoms with E-state index < -0.39 is 22.2 Å². The van der Waals surface area contributed by atoms with Crippen LogP contribution in [-0.2, 0) is 21.4 Å². The first-order valence-corrected chi connectivity index (χ1v) is 7.46. The van der Waals surface area contributed by atoms with Gasteiger partial charge in [0.1, 0.15) is 6.04 Å². The summed E-state index contributed by atoms with van der Waals surface area (Å²) < 4.78 is 27.6. The molecule has 1 rings (SSSR count). The molecular weight excluding hydrogens is 268 g/mol. The number of nitrogens with one attached hydrogen (secondary N) is 2. The van der Waals surface area contributed by atoms with Crippen LogP contribution in [0.4, 0.5) is 0 Å². The molecule has 0 unspecified atom stereocenters. The molecule has 0 aliphatic heterocycles. The Bertz CT molecular complexity index is 502. The predicted octanol–water partition coefficient (Wildman–Crippen LogP) is 0.516. The fourth-order valence-electron chi connectivity index (χ4n) is 1.49. The van der Waals surface area contributed by atoms with E-state index in [-0.39, 0.29) is 13.0 Å². The van der Waals surface area contributed by atoms with Gasteiger partial charge in [-0.25, -0.2) is 4.72 Å². The van der Waals surface area contributed by atoms with Gasteiger partial charge in [0.05, 0.1) is 0 Å². The molecule has 1 aromatic rings. The van der Waals surface area contributed by atoms with Crippen molar-refractivity contribution in [2.75, 3.05) is 6.54 Å². The maximum atomic E-state index is 11.6. The van der Waals surface area contributed by atoms with Crippen molar-refractivity contribution in [2.24, 2.45) is 0 Å². The molecule has 0 heterocycles. The van der Waals surface area contributed by atoms with Crippen LogP contribution in [0, 0.1) is 0 Å². The second-order valence-corrected chi connectivity index (χ2v) is 5.63.